The van der Waals surface area contributed by atoms with Gasteiger partial charge in [0.05, 0.1) is 24.1 Å². The summed E-state index contributed by atoms with van der Waals surface area (Å²) >= 11 is 0. The number of hydrogen-bond donors (Lipinski definition) is 1. The van der Waals surface area contributed by atoms with Crippen LogP contribution in [0.3, 0.4) is 0 Å². The van der Waals surface area contributed by atoms with Crippen molar-refractivity contribution in [3.05, 3.63) is 48.6 Å². The molecule has 1 aromatic rings. The number of benzene rings is 1. The Balaban J connectivity index is 2.38. The first-order chi connectivity index (χ1) is 12.0. The highest BCUT2D eigenvalue weighted by atomic mass is 16.7. The Kier molecular flexibility index (Phi) is 3.64. The molecule has 0 saturated carbocycles. The second kappa shape index (κ2) is 5.45. The van der Waals surface area contributed by atoms with Gasteiger partial charge in [-0.25, -0.2) is 0 Å². The van der Waals surface area contributed by atoms with Crippen LogP contribution in [-0.2, 0) is 15.3 Å². The molecule has 3 rings (SSSR count). The van der Waals surface area contributed by atoms with Crippen LogP contribution in [-0.4, -0.2) is 12.0 Å². The molecular formula is C19H16N4O2. The Morgan fingerprint density at radius 2 is 1.84 bits per heavy atom. The van der Waals surface area contributed by atoms with Crippen molar-refractivity contribution in [2.24, 2.45) is 16.7 Å². The van der Waals surface area contributed by atoms with Gasteiger partial charge >= 0.3 is 0 Å². The molecule has 0 aliphatic carbocycles. The van der Waals surface area contributed by atoms with Gasteiger partial charge in [0.1, 0.15) is 6.10 Å². The smallest absolute Gasteiger partial charge is 0.244 e. The molecule has 2 aliphatic heterocycles. The van der Waals surface area contributed by atoms with Crippen LogP contribution >= 0.6 is 0 Å². The van der Waals surface area contributed by atoms with E-state index in [4.69, 9.17) is 14.9 Å². The lowest BCUT2D eigenvalue weighted by Gasteiger charge is -2.48. The lowest BCUT2D eigenvalue weighted by molar-refractivity contribution is -0.278. The first kappa shape index (κ1) is 16.7. The number of hydrogen-bond acceptors (Lipinski definition) is 6. The number of rotatable bonds is 3. The predicted octanol–water partition coefficient (Wildman–Crippen LogP) is 3.00. The SMILES string of the molecule is C=CC1OC2(c3ccccc3)OC(=N)C(C#N)(C2CC)C1(C#N)C#N. The van der Waals surface area contributed by atoms with Crippen molar-refractivity contribution in [1.82, 2.24) is 0 Å². The summed E-state index contributed by atoms with van der Waals surface area (Å²) in [5.74, 6) is -2.49. The average molecular weight is 332 g/mol. The summed E-state index contributed by atoms with van der Waals surface area (Å²) in [6.45, 7) is 5.50. The topological polar surface area (TPSA) is 114 Å². The molecule has 0 aromatic heterocycles. The molecular weight excluding hydrogens is 316 g/mol. The average Bonchev–Trinajstić information content (AvgIpc) is 2.86. The fourth-order valence-electron chi connectivity index (χ4n) is 4.15. The number of nitrogens with one attached hydrogen (secondary N) is 1. The number of nitrogens with zero attached hydrogens (tertiary/aromatic N) is 3. The van der Waals surface area contributed by atoms with Crippen LogP contribution in [0.15, 0.2) is 43.0 Å². The third-order valence-electron chi connectivity index (χ3n) is 5.27. The predicted molar refractivity (Wildman–Crippen MR) is 87.5 cm³/mol. The standard InChI is InChI=1S/C19H16N4O2/c1-3-14-18(12-22)16(23)25-19(14,13-8-6-5-7-9-13)24-15(4-2)17(18,10-20)11-21/h4-9,14-15,23H,2-3H2,1H3. The van der Waals surface area contributed by atoms with Gasteiger partial charge in [0, 0.05) is 5.56 Å². The Labute approximate surface area is 146 Å². The van der Waals surface area contributed by atoms with Crippen LogP contribution in [0.1, 0.15) is 18.9 Å². The van der Waals surface area contributed by atoms with E-state index in [1.807, 2.05) is 25.1 Å². The molecule has 2 fully saturated rings. The molecule has 0 amide bonds. The first-order valence-corrected chi connectivity index (χ1v) is 7.90. The van der Waals surface area contributed by atoms with Crippen molar-refractivity contribution < 1.29 is 9.47 Å². The van der Waals surface area contributed by atoms with Crippen LogP contribution in [0, 0.1) is 56.2 Å². The van der Waals surface area contributed by atoms with Crippen molar-refractivity contribution in [3.63, 3.8) is 0 Å². The summed E-state index contributed by atoms with van der Waals surface area (Å²) in [7, 11) is 0. The molecule has 2 heterocycles. The summed E-state index contributed by atoms with van der Waals surface area (Å²) in [5.41, 5.74) is -3.01. The second-order valence-electron chi connectivity index (χ2n) is 6.15. The van der Waals surface area contributed by atoms with Gasteiger partial charge in [-0.1, -0.05) is 43.3 Å². The molecule has 25 heavy (non-hydrogen) atoms. The van der Waals surface area contributed by atoms with E-state index >= 15 is 0 Å². The van der Waals surface area contributed by atoms with Crippen molar-refractivity contribution in [1.29, 1.82) is 21.2 Å². The zero-order chi connectivity index (χ0) is 18.3. The molecule has 6 nitrogen and oxygen atoms in total. The first-order valence-electron chi connectivity index (χ1n) is 7.90. The van der Waals surface area contributed by atoms with E-state index in [-0.39, 0.29) is 0 Å². The van der Waals surface area contributed by atoms with E-state index < -0.39 is 34.5 Å². The van der Waals surface area contributed by atoms with Gasteiger partial charge in [0.15, 0.2) is 5.41 Å². The molecule has 2 saturated heterocycles. The monoisotopic (exact) mass is 332 g/mol. The fraction of sp³-hybridized carbons (Fsp3) is 0.368. The Morgan fingerprint density at radius 3 is 2.32 bits per heavy atom. The summed E-state index contributed by atoms with van der Waals surface area (Å²) in [4.78, 5) is 0. The summed E-state index contributed by atoms with van der Waals surface area (Å²) in [5, 5.41) is 38.1. The lowest BCUT2D eigenvalue weighted by atomic mass is 9.53. The largest absolute Gasteiger partial charge is 0.443 e. The van der Waals surface area contributed by atoms with Gasteiger partial charge < -0.3 is 9.47 Å². The van der Waals surface area contributed by atoms with E-state index in [2.05, 4.69) is 12.6 Å². The molecule has 1 aromatic carbocycles. The Hall–Kier alpha value is -3.14. The summed E-state index contributed by atoms with van der Waals surface area (Å²) < 4.78 is 12.0. The van der Waals surface area contributed by atoms with Gasteiger partial charge in [-0.3, -0.25) is 5.41 Å². The third-order valence-corrected chi connectivity index (χ3v) is 5.27. The fourth-order valence-corrected chi connectivity index (χ4v) is 4.15. The van der Waals surface area contributed by atoms with Crippen LogP contribution < -0.4 is 0 Å². The van der Waals surface area contributed by atoms with Crippen molar-refractivity contribution in [2.75, 3.05) is 0 Å². The van der Waals surface area contributed by atoms with Crippen molar-refractivity contribution >= 4 is 5.90 Å². The molecule has 4 unspecified atom stereocenters. The maximum Gasteiger partial charge on any atom is 0.244 e. The van der Waals surface area contributed by atoms with Gasteiger partial charge in [-0.15, -0.1) is 6.58 Å². The van der Waals surface area contributed by atoms with Crippen LogP contribution in [0.4, 0.5) is 0 Å². The van der Waals surface area contributed by atoms with E-state index in [0.29, 0.717) is 12.0 Å². The summed E-state index contributed by atoms with van der Waals surface area (Å²) in [6.07, 6.45) is 0.650. The zero-order valence-electron chi connectivity index (χ0n) is 13.7. The van der Waals surface area contributed by atoms with E-state index in [1.54, 1.807) is 24.3 Å². The van der Waals surface area contributed by atoms with Crippen LogP contribution in [0.2, 0.25) is 0 Å². The van der Waals surface area contributed by atoms with Crippen LogP contribution in [0.5, 0.6) is 0 Å². The van der Waals surface area contributed by atoms with Crippen molar-refractivity contribution in [2.45, 2.75) is 25.2 Å². The normalized spacial score (nSPS) is 34.9. The quantitative estimate of drug-likeness (QED) is 0.855. The number of nitriles is 3. The second-order valence-corrected chi connectivity index (χ2v) is 6.15. The van der Waals surface area contributed by atoms with Crippen LogP contribution in [0.25, 0.3) is 0 Å². The minimum atomic E-state index is -1.91. The van der Waals surface area contributed by atoms with Gasteiger partial charge in [0.25, 0.3) is 0 Å². The zero-order valence-corrected chi connectivity index (χ0v) is 13.7. The highest BCUT2D eigenvalue weighted by Crippen LogP contribution is 2.66. The lowest BCUT2D eigenvalue weighted by Crippen LogP contribution is -2.61. The highest BCUT2D eigenvalue weighted by Gasteiger charge is 2.79. The molecule has 1 N–H and O–H groups in total. The molecule has 4 atom stereocenters. The summed E-state index contributed by atoms with van der Waals surface area (Å²) in [6, 6.07) is 15.0. The van der Waals surface area contributed by atoms with E-state index in [1.165, 1.54) is 6.08 Å². The number of ether oxygens (including phenoxy) is 2. The highest BCUT2D eigenvalue weighted by molar-refractivity contribution is 5.89. The van der Waals surface area contributed by atoms with Gasteiger partial charge in [-0.2, -0.15) is 15.8 Å². The molecule has 0 radical (unpaired) electrons. The molecule has 6 heteroatoms. The Morgan fingerprint density at radius 1 is 1.20 bits per heavy atom. The van der Waals surface area contributed by atoms with E-state index in [0.717, 1.165) is 0 Å². The molecule has 2 bridgehead atoms. The molecule has 2 aliphatic rings. The maximum absolute atomic E-state index is 10.0. The number of fused-ring (bicyclic) bond motifs is 2. The van der Waals surface area contributed by atoms with Gasteiger partial charge in [-0.05, 0) is 6.42 Å². The molecule has 124 valence electrons. The molecule has 0 spiro atoms. The van der Waals surface area contributed by atoms with Gasteiger partial charge in [0.2, 0.25) is 17.1 Å². The maximum atomic E-state index is 10.0. The van der Waals surface area contributed by atoms with E-state index in [9.17, 15) is 15.8 Å². The van der Waals surface area contributed by atoms with Crippen molar-refractivity contribution in [3.8, 4) is 18.2 Å². The minimum absolute atomic E-state index is 0.389. The Bertz CT molecular complexity index is 846. The minimum Gasteiger partial charge on any atom is -0.443 e. The third kappa shape index (κ3) is 1.66.